The third-order valence-corrected chi connectivity index (χ3v) is 5.17. The molecular weight excluding hydrogens is 325 g/mol. The molecule has 1 N–H and O–H groups in total. The van der Waals surface area contributed by atoms with Crippen molar-refractivity contribution in [3.05, 3.63) is 28.5 Å². The Kier molecular flexibility index (Phi) is 4.37. The van der Waals surface area contributed by atoms with E-state index in [1.807, 2.05) is 0 Å². The molecule has 1 saturated heterocycles. The van der Waals surface area contributed by atoms with E-state index in [4.69, 9.17) is 4.74 Å². The molecular formula is C11H13BrFNO3S. The molecule has 0 aromatic heterocycles. The minimum atomic E-state index is -3.61. The van der Waals surface area contributed by atoms with E-state index < -0.39 is 15.8 Å². The normalized spacial score (nSPS) is 20.2. The van der Waals surface area contributed by atoms with Gasteiger partial charge >= 0.3 is 0 Å². The van der Waals surface area contributed by atoms with E-state index in [0.717, 1.165) is 18.6 Å². The first kappa shape index (κ1) is 13.9. The first-order chi connectivity index (χ1) is 8.49. The Morgan fingerprint density at radius 2 is 2.28 bits per heavy atom. The van der Waals surface area contributed by atoms with E-state index >= 15 is 0 Å². The monoisotopic (exact) mass is 337 g/mol. The second-order valence-electron chi connectivity index (χ2n) is 4.16. The van der Waals surface area contributed by atoms with Crippen LogP contribution in [0.3, 0.4) is 0 Å². The number of sulfonamides is 1. The molecule has 1 aromatic carbocycles. The number of nitrogens with one attached hydrogen (secondary N) is 1. The van der Waals surface area contributed by atoms with E-state index in [9.17, 15) is 12.8 Å². The van der Waals surface area contributed by atoms with Crippen molar-refractivity contribution in [1.82, 2.24) is 4.72 Å². The highest BCUT2D eigenvalue weighted by molar-refractivity contribution is 9.10. The van der Waals surface area contributed by atoms with Crippen LogP contribution in [0.1, 0.15) is 6.42 Å². The van der Waals surface area contributed by atoms with Crippen molar-refractivity contribution in [3.63, 3.8) is 0 Å². The second-order valence-corrected chi connectivity index (χ2v) is 6.75. The van der Waals surface area contributed by atoms with Crippen molar-refractivity contribution in [2.75, 3.05) is 19.8 Å². The number of rotatable bonds is 4. The summed E-state index contributed by atoms with van der Waals surface area (Å²) in [5.41, 5.74) is 0. The van der Waals surface area contributed by atoms with Gasteiger partial charge in [0.25, 0.3) is 0 Å². The lowest BCUT2D eigenvalue weighted by Gasteiger charge is -2.11. The Morgan fingerprint density at radius 3 is 2.89 bits per heavy atom. The van der Waals surface area contributed by atoms with Gasteiger partial charge in [0.15, 0.2) is 0 Å². The summed E-state index contributed by atoms with van der Waals surface area (Å²) in [6, 6.07) is 3.50. The van der Waals surface area contributed by atoms with Crippen LogP contribution in [0.5, 0.6) is 0 Å². The number of hydrogen-bond donors (Lipinski definition) is 1. The molecule has 0 amide bonds. The predicted octanol–water partition coefficient (Wildman–Crippen LogP) is 1.90. The van der Waals surface area contributed by atoms with Gasteiger partial charge in [-0.05, 0) is 46.5 Å². The molecule has 1 aliphatic rings. The molecule has 0 bridgehead atoms. The molecule has 100 valence electrons. The van der Waals surface area contributed by atoms with Gasteiger partial charge in [0.1, 0.15) is 5.82 Å². The minimum Gasteiger partial charge on any atom is -0.381 e. The number of halogens is 2. The summed E-state index contributed by atoms with van der Waals surface area (Å²) < 4.78 is 44.8. The summed E-state index contributed by atoms with van der Waals surface area (Å²) in [6.45, 7) is 1.59. The van der Waals surface area contributed by atoms with Crippen LogP contribution in [0.4, 0.5) is 4.39 Å². The van der Waals surface area contributed by atoms with Crippen molar-refractivity contribution >= 4 is 26.0 Å². The van der Waals surface area contributed by atoms with Crippen LogP contribution in [-0.4, -0.2) is 28.2 Å². The number of hydrogen-bond acceptors (Lipinski definition) is 3. The predicted molar refractivity (Wildman–Crippen MR) is 68.2 cm³/mol. The van der Waals surface area contributed by atoms with Crippen LogP contribution in [0.2, 0.25) is 0 Å². The highest BCUT2D eigenvalue weighted by Crippen LogP contribution is 2.23. The SMILES string of the molecule is O=S(=O)(NCC1CCOC1)c1ccc(F)cc1Br. The lowest BCUT2D eigenvalue weighted by molar-refractivity contribution is 0.186. The fourth-order valence-electron chi connectivity index (χ4n) is 1.74. The van der Waals surface area contributed by atoms with Gasteiger partial charge in [-0.3, -0.25) is 0 Å². The summed E-state index contributed by atoms with van der Waals surface area (Å²) in [5, 5.41) is 0. The zero-order valence-electron chi connectivity index (χ0n) is 9.53. The van der Waals surface area contributed by atoms with Crippen molar-refractivity contribution in [3.8, 4) is 0 Å². The zero-order valence-corrected chi connectivity index (χ0v) is 11.9. The van der Waals surface area contributed by atoms with E-state index in [2.05, 4.69) is 20.7 Å². The molecule has 18 heavy (non-hydrogen) atoms. The summed E-state index contributed by atoms with van der Waals surface area (Å²) in [4.78, 5) is 0.0443. The minimum absolute atomic E-state index is 0.0443. The molecule has 1 unspecified atom stereocenters. The molecule has 1 atom stereocenters. The average Bonchev–Trinajstić information content (AvgIpc) is 2.78. The molecule has 4 nitrogen and oxygen atoms in total. The fourth-order valence-corrected chi connectivity index (χ4v) is 3.91. The molecule has 1 fully saturated rings. The van der Waals surface area contributed by atoms with E-state index in [1.54, 1.807) is 0 Å². The quantitative estimate of drug-likeness (QED) is 0.912. The van der Waals surface area contributed by atoms with E-state index in [1.165, 1.54) is 6.07 Å². The van der Waals surface area contributed by atoms with Gasteiger partial charge in [-0.15, -0.1) is 0 Å². The lowest BCUT2D eigenvalue weighted by atomic mass is 10.1. The van der Waals surface area contributed by atoms with Crippen molar-refractivity contribution in [2.24, 2.45) is 5.92 Å². The summed E-state index contributed by atoms with van der Waals surface area (Å²) in [6.07, 6.45) is 0.854. The van der Waals surface area contributed by atoms with Gasteiger partial charge in [0, 0.05) is 17.6 Å². The van der Waals surface area contributed by atoms with Gasteiger partial charge < -0.3 is 4.74 Å². The van der Waals surface area contributed by atoms with Gasteiger partial charge in [0.2, 0.25) is 10.0 Å². The van der Waals surface area contributed by atoms with Crippen LogP contribution >= 0.6 is 15.9 Å². The molecule has 1 heterocycles. The van der Waals surface area contributed by atoms with Gasteiger partial charge in [-0.2, -0.15) is 0 Å². The maximum absolute atomic E-state index is 12.9. The smallest absolute Gasteiger partial charge is 0.241 e. The highest BCUT2D eigenvalue weighted by Gasteiger charge is 2.22. The van der Waals surface area contributed by atoms with Crippen LogP contribution in [0, 0.1) is 11.7 Å². The second kappa shape index (κ2) is 5.64. The summed E-state index contributed by atoms with van der Waals surface area (Å²) in [7, 11) is -3.61. The third kappa shape index (κ3) is 3.28. The Labute approximate surface area is 114 Å². The number of benzene rings is 1. The van der Waals surface area contributed by atoms with Crippen LogP contribution in [0.25, 0.3) is 0 Å². The Balaban J connectivity index is 2.09. The Hall–Kier alpha value is -0.500. The third-order valence-electron chi connectivity index (χ3n) is 2.77. The standard InChI is InChI=1S/C11H13BrFNO3S/c12-10-5-9(13)1-2-11(10)18(15,16)14-6-8-3-4-17-7-8/h1-2,5,8,14H,3-4,6-7H2. The van der Waals surface area contributed by atoms with Crippen molar-refractivity contribution in [2.45, 2.75) is 11.3 Å². The highest BCUT2D eigenvalue weighted by atomic mass is 79.9. The molecule has 0 spiro atoms. The zero-order chi connectivity index (χ0) is 13.2. The molecule has 1 aliphatic heterocycles. The molecule has 2 rings (SSSR count). The lowest BCUT2D eigenvalue weighted by Crippen LogP contribution is -2.29. The number of ether oxygens (including phenoxy) is 1. The van der Waals surface area contributed by atoms with Crippen LogP contribution < -0.4 is 4.72 Å². The van der Waals surface area contributed by atoms with Crippen LogP contribution in [-0.2, 0) is 14.8 Å². The summed E-state index contributed by atoms with van der Waals surface area (Å²) in [5.74, 6) is -0.274. The van der Waals surface area contributed by atoms with Crippen LogP contribution in [0.15, 0.2) is 27.6 Å². The van der Waals surface area contributed by atoms with Crippen molar-refractivity contribution < 1.29 is 17.5 Å². The largest absolute Gasteiger partial charge is 0.381 e. The first-order valence-corrected chi connectivity index (χ1v) is 7.79. The molecule has 0 aliphatic carbocycles. The molecule has 7 heteroatoms. The van der Waals surface area contributed by atoms with E-state index in [0.29, 0.717) is 19.8 Å². The topological polar surface area (TPSA) is 55.4 Å². The van der Waals surface area contributed by atoms with E-state index in [-0.39, 0.29) is 15.3 Å². The molecule has 0 saturated carbocycles. The average molecular weight is 338 g/mol. The van der Waals surface area contributed by atoms with Crippen molar-refractivity contribution in [1.29, 1.82) is 0 Å². The fraction of sp³-hybridized carbons (Fsp3) is 0.455. The van der Waals surface area contributed by atoms with Gasteiger partial charge in [-0.25, -0.2) is 17.5 Å². The Bertz CT molecular complexity index is 529. The molecule has 1 aromatic rings. The molecule has 0 radical (unpaired) electrons. The maximum atomic E-state index is 12.9. The Morgan fingerprint density at radius 1 is 1.50 bits per heavy atom. The van der Waals surface area contributed by atoms with Gasteiger partial charge in [-0.1, -0.05) is 0 Å². The maximum Gasteiger partial charge on any atom is 0.241 e. The van der Waals surface area contributed by atoms with Gasteiger partial charge in [0.05, 0.1) is 11.5 Å². The summed E-state index contributed by atoms with van der Waals surface area (Å²) >= 11 is 3.05. The first-order valence-electron chi connectivity index (χ1n) is 5.51.